The Kier molecular flexibility index (Phi) is 5.69. The zero-order valence-corrected chi connectivity index (χ0v) is 15.4. The van der Waals surface area contributed by atoms with Gasteiger partial charge in [0.2, 0.25) is 5.52 Å². The first kappa shape index (κ1) is 19.1. The Morgan fingerprint density at radius 3 is 2.50 bits per heavy atom. The van der Waals surface area contributed by atoms with Gasteiger partial charge in [-0.1, -0.05) is 18.2 Å². The summed E-state index contributed by atoms with van der Waals surface area (Å²) in [6.07, 6.45) is 0. The van der Waals surface area contributed by atoms with Gasteiger partial charge in [0, 0.05) is 0 Å². The Bertz CT molecular complexity index is 1020. The number of hydrogen-bond acceptors (Lipinski definition) is 7. The molecule has 3 rings (SSSR count). The van der Waals surface area contributed by atoms with E-state index >= 15 is 0 Å². The first-order valence-corrected chi connectivity index (χ1v) is 8.54. The third-order valence-electron chi connectivity index (χ3n) is 3.95. The van der Waals surface area contributed by atoms with Crippen LogP contribution in [0, 0.1) is 5.21 Å². The predicted molar refractivity (Wildman–Crippen MR) is 98.8 cm³/mol. The van der Waals surface area contributed by atoms with Gasteiger partial charge in [-0.05, 0) is 31.2 Å². The van der Waals surface area contributed by atoms with Crippen molar-refractivity contribution in [2.45, 2.75) is 13.5 Å². The van der Waals surface area contributed by atoms with Gasteiger partial charge in [-0.25, -0.2) is 14.6 Å². The van der Waals surface area contributed by atoms with Gasteiger partial charge in [0.15, 0.2) is 5.69 Å². The van der Waals surface area contributed by atoms with Crippen LogP contribution in [-0.4, -0.2) is 30.6 Å². The van der Waals surface area contributed by atoms with Crippen LogP contribution < -0.4 is 9.47 Å². The van der Waals surface area contributed by atoms with Crippen molar-refractivity contribution in [3.8, 4) is 5.75 Å². The molecule has 8 nitrogen and oxygen atoms in total. The van der Waals surface area contributed by atoms with Crippen molar-refractivity contribution < 1.29 is 28.5 Å². The van der Waals surface area contributed by atoms with E-state index in [9.17, 15) is 14.8 Å². The molecule has 0 aliphatic carbocycles. The van der Waals surface area contributed by atoms with Crippen LogP contribution in [0.3, 0.4) is 0 Å². The fraction of sp³-hybridized carbons (Fsp3) is 0.200. The number of hydrogen-bond donors (Lipinski definition) is 0. The van der Waals surface area contributed by atoms with Crippen molar-refractivity contribution in [1.82, 2.24) is 4.98 Å². The van der Waals surface area contributed by atoms with E-state index < -0.39 is 11.9 Å². The number of methoxy groups -OCH3 is 1. The second-order valence-electron chi connectivity index (χ2n) is 5.72. The molecule has 0 radical (unpaired) electrons. The molecular formula is C20H18N2O6. The van der Waals surface area contributed by atoms with Crippen molar-refractivity contribution in [3.05, 3.63) is 70.7 Å². The lowest BCUT2D eigenvalue weighted by Crippen LogP contribution is -2.39. The molecule has 0 bridgehead atoms. The zero-order chi connectivity index (χ0) is 20.1. The minimum atomic E-state index is -0.847. The van der Waals surface area contributed by atoms with Gasteiger partial charge in [-0.3, -0.25) is 0 Å². The van der Waals surface area contributed by atoms with Gasteiger partial charge in [0.05, 0.1) is 25.3 Å². The highest BCUT2D eigenvalue weighted by molar-refractivity contribution is 5.90. The van der Waals surface area contributed by atoms with E-state index in [0.29, 0.717) is 21.6 Å². The molecule has 1 heterocycles. The molecule has 0 amide bonds. The summed E-state index contributed by atoms with van der Waals surface area (Å²) >= 11 is 0. The highest BCUT2D eigenvalue weighted by Crippen LogP contribution is 2.19. The summed E-state index contributed by atoms with van der Waals surface area (Å²) in [5, 5.41) is 12.8. The van der Waals surface area contributed by atoms with Crippen molar-refractivity contribution in [2.24, 2.45) is 0 Å². The molecule has 0 saturated carbocycles. The van der Waals surface area contributed by atoms with Crippen LogP contribution in [0.5, 0.6) is 5.75 Å². The standard InChI is InChI=1S/C20H18N2O6/c1-3-27-20(24)18-16(12-28-19(23)13-7-5-4-6-8-13)21-15-10-9-14(26-2)11-17(15)22(18)25/h4-11H,3,12H2,1-2H3. The molecule has 0 aliphatic rings. The largest absolute Gasteiger partial charge is 0.618 e. The van der Waals surface area contributed by atoms with Crippen LogP contribution in [0.4, 0.5) is 0 Å². The smallest absolute Gasteiger partial charge is 0.407 e. The van der Waals surface area contributed by atoms with Gasteiger partial charge < -0.3 is 19.4 Å². The molecule has 0 saturated heterocycles. The van der Waals surface area contributed by atoms with Crippen LogP contribution in [0.15, 0.2) is 48.5 Å². The van der Waals surface area contributed by atoms with E-state index in [0.717, 1.165) is 0 Å². The maximum absolute atomic E-state index is 12.8. The molecule has 0 atom stereocenters. The third kappa shape index (κ3) is 3.85. The fourth-order valence-corrected chi connectivity index (χ4v) is 2.62. The number of benzene rings is 2. The normalized spacial score (nSPS) is 10.5. The number of aromatic nitrogens is 2. The van der Waals surface area contributed by atoms with E-state index in [1.807, 2.05) is 0 Å². The summed E-state index contributed by atoms with van der Waals surface area (Å²) < 4.78 is 15.8. The summed E-state index contributed by atoms with van der Waals surface area (Å²) in [6.45, 7) is 1.35. The van der Waals surface area contributed by atoms with E-state index in [1.54, 1.807) is 49.4 Å². The average Bonchev–Trinajstić information content (AvgIpc) is 2.72. The molecule has 0 spiro atoms. The molecule has 28 heavy (non-hydrogen) atoms. The molecule has 0 fully saturated rings. The summed E-state index contributed by atoms with van der Waals surface area (Å²) in [5.74, 6) is -0.998. The van der Waals surface area contributed by atoms with Gasteiger partial charge >= 0.3 is 17.6 Å². The minimum Gasteiger partial charge on any atom is -0.618 e. The number of carbonyl (C=O) groups is 2. The highest BCUT2D eigenvalue weighted by atomic mass is 16.5. The summed E-state index contributed by atoms with van der Waals surface area (Å²) in [7, 11) is 1.47. The van der Waals surface area contributed by atoms with Gasteiger partial charge in [-0.2, -0.15) is 4.73 Å². The molecule has 3 aromatic rings. The van der Waals surface area contributed by atoms with Crippen molar-refractivity contribution >= 4 is 23.0 Å². The average molecular weight is 382 g/mol. The van der Waals surface area contributed by atoms with E-state index in [-0.39, 0.29) is 30.1 Å². The molecule has 2 aromatic carbocycles. The first-order valence-electron chi connectivity index (χ1n) is 8.54. The monoisotopic (exact) mass is 382 g/mol. The van der Waals surface area contributed by atoms with Crippen LogP contribution in [0.2, 0.25) is 0 Å². The number of rotatable bonds is 6. The highest BCUT2D eigenvalue weighted by Gasteiger charge is 2.28. The van der Waals surface area contributed by atoms with Crippen molar-refractivity contribution in [3.63, 3.8) is 0 Å². The lowest BCUT2D eigenvalue weighted by molar-refractivity contribution is -0.581. The van der Waals surface area contributed by atoms with Crippen molar-refractivity contribution in [2.75, 3.05) is 13.7 Å². The summed E-state index contributed by atoms with van der Waals surface area (Å²) in [4.78, 5) is 28.9. The molecule has 0 unspecified atom stereocenters. The first-order chi connectivity index (χ1) is 13.5. The molecular weight excluding hydrogens is 364 g/mol. The van der Waals surface area contributed by atoms with Crippen LogP contribution in [0.25, 0.3) is 11.0 Å². The molecule has 8 heteroatoms. The van der Waals surface area contributed by atoms with Gasteiger partial charge in [-0.15, -0.1) is 0 Å². The van der Waals surface area contributed by atoms with Crippen LogP contribution >= 0.6 is 0 Å². The second-order valence-corrected chi connectivity index (χ2v) is 5.72. The topological polar surface area (TPSA) is 102 Å². The minimum absolute atomic E-state index is 0.00963. The Morgan fingerprint density at radius 2 is 1.82 bits per heavy atom. The van der Waals surface area contributed by atoms with Crippen molar-refractivity contribution in [1.29, 1.82) is 0 Å². The zero-order valence-electron chi connectivity index (χ0n) is 15.4. The fourth-order valence-electron chi connectivity index (χ4n) is 2.62. The van der Waals surface area contributed by atoms with Crippen LogP contribution in [0.1, 0.15) is 33.5 Å². The lowest BCUT2D eigenvalue weighted by atomic mass is 10.2. The second kappa shape index (κ2) is 8.34. The van der Waals surface area contributed by atoms with E-state index in [2.05, 4.69) is 4.98 Å². The number of nitrogens with zero attached hydrogens (tertiary/aromatic N) is 2. The molecule has 0 N–H and O–H groups in total. The van der Waals surface area contributed by atoms with E-state index in [1.165, 1.54) is 13.2 Å². The molecule has 144 valence electrons. The SMILES string of the molecule is CCOC(=O)c1c(COC(=O)c2ccccc2)nc2ccc(OC)cc2[n+]1[O-]. The Balaban J connectivity index is 2.00. The number of carbonyl (C=O) groups excluding carboxylic acids is 2. The Hall–Kier alpha value is -3.68. The maximum atomic E-state index is 12.8. The quantitative estimate of drug-likeness (QED) is 0.366. The Labute approximate surface area is 160 Å². The Morgan fingerprint density at radius 1 is 1.07 bits per heavy atom. The predicted octanol–water partition coefficient (Wildman–Crippen LogP) is 2.41. The van der Waals surface area contributed by atoms with Gasteiger partial charge in [0.25, 0.3) is 0 Å². The third-order valence-corrected chi connectivity index (χ3v) is 3.95. The molecule has 1 aromatic heterocycles. The molecule has 0 aliphatic heterocycles. The summed E-state index contributed by atoms with van der Waals surface area (Å²) in [6, 6.07) is 13.1. The maximum Gasteiger partial charge on any atom is 0.407 e. The number of esters is 2. The summed E-state index contributed by atoms with van der Waals surface area (Å²) in [5.41, 5.74) is 0.495. The lowest BCUT2D eigenvalue weighted by Gasteiger charge is -2.12. The number of fused-ring (bicyclic) bond motifs is 1. The number of ether oxygens (including phenoxy) is 3. The van der Waals surface area contributed by atoms with E-state index in [4.69, 9.17) is 14.2 Å². The van der Waals surface area contributed by atoms with Crippen LogP contribution in [-0.2, 0) is 16.1 Å². The van der Waals surface area contributed by atoms with Gasteiger partial charge in [0.1, 0.15) is 17.9 Å².